The topological polar surface area (TPSA) is 88.1 Å². The molecule has 6 nitrogen and oxygen atoms in total. The first kappa shape index (κ1) is 10.1. The number of rotatable bonds is 3. The van der Waals surface area contributed by atoms with Gasteiger partial charge in [0.15, 0.2) is 0 Å². The van der Waals surface area contributed by atoms with Crippen LogP contribution in [0.5, 0.6) is 11.6 Å². The second-order valence-electron chi connectivity index (χ2n) is 2.85. The zero-order valence-corrected chi connectivity index (χ0v) is 7.85. The molecule has 0 saturated heterocycles. The second kappa shape index (κ2) is 3.97. The number of H-pyrrole nitrogens is 1. The summed E-state index contributed by atoms with van der Waals surface area (Å²) >= 11 is 0. The van der Waals surface area contributed by atoms with Gasteiger partial charge in [-0.1, -0.05) is 10.3 Å². The first-order chi connectivity index (χ1) is 7.66. The molecule has 1 heterocycles. The van der Waals surface area contributed by atoms with E-state index in [1.54, 1.807) is 0 Å². The molecule has 1 aromatic carbocycles. The lowest BCUT2D eigenvalue weighted by atomic mass is 10.3. The summed E-state index contributed by atoms with van der Waals surface area (Å²) < 4.78 is 17.7. The third kappa shape index (κ3) is 1.97. The minimum absolute atomic E-state index is 0.167. The van der Waals surface area contributed by atoms with Crippen molar-refractivity contribution in [1.82, 2.24) is 15.4 Å². The fraction of sp³-hybridized carbons (Fsp3) is 0. The fourth-order valence-electron chi connectivity index (χ4n) is 1.04. The number of aromatic carboxylic acids is 1. The molecule has 16 heavy (non-hydrogen) atoms. The number of nitrogens with zero attached hydrogens (tertiary/aromatic N) is 2. The van der Waals surface area contributed by atoms with Crippen LogP contribution in [0.2, 0.25) is 0 Å². The monoisotopic (exact) mass is 223 g/mol. The lowest BCUT2D eigenvalue weighted by molar-refractivity contribution is 0.0687. The molecule has 0 spiro atoms. The number of aromatic amines is 1. The van der Waals surface area contributed by atoms with Gasteiger partial charge in [-0.2, -0.15) is 0 Å². The fourth-order valence-corrected chi connectivity index (χ4v) is 1.04. The summed E-state index contributed by atoms with van der Waals surface area (Å²) in [6, 6.07) is 5.09. The number of halogens is 1. The Morgan fingerprint density at radius 2 is 2.06 bits per heavy atom. The normalized spacial score (nSPS) is 10.1. The van der Waals surface area contributed by atoms with Crippen molar-refractivity contribution in [1.29, 1.82) is 0 Å². The predicted molar refractivity (Wildman–Crippen MR) is 49.8 cm³/mol. The molecule has 0 atom stereocenters. The van der Waals surface area contributed by atoms with Crippen LogP contribution < -0.4 is 4.74 Å². The number of hydrogen-bond donors (Lipinski definition) is 2. The van der Waals surface area contributed by atoms with Crippen LogP contribution in [0.25, 0.3) is 0 Å². The number of carboxylic acids is 1. The van der Waals surface area contributed by atoms with E-state index in [0.717, 1.165) is 0 Å². The molecule has 0 saturated carbocycles. The highest BCUT2D eigenvalue weighted by Gasteiger charge is 2.16. The van der Waals surface area contributed by atoms with Crippen molar-refractivity contribution in [2.75, 3.05) is 0 Å². The van der Waals surface area contributed by atoms with Gasteiger partial charge >= 0.3 is 5.97 Å². The van der Waals surface area contributed by atoms with Crippen molar-refractivity contribution < 1.29 is 19.0 Å². The number of ether oxygens (including phenoxy) is 1. The average Bonchev–Trinajstić information content (AvgIpc) is 2.69. The molecule has 2 aromatic rings. The summed E-state index contributed by atoms with van der Waals surface area (Å²) in [7, 11) is 0. The number of carbonyl (C=O) groups is 1. The van der Waals surface area contributed by atoms with Gasteiger partial charge in [0.05, 0.1) is 0 Å². The molecule has 82 valence electrons. The van der Waals surface area contributed by atoms with Gasteiger partial charge in [0.25, 0.3) is 5.88 Å². The minimum atomic E-state index is -1.23. The summed E-state index contributed by atoms with van der Waals surface area (Å²) in [5.41, 5.74) is -0.260. The van der Waals surface area contributed by atoms with E-state index in [1.165, 1.54) is 24.3 Å². The summed E-state index contributed by atoms with van der Waals surface area (Å²) in [6.45, 7) is 0. The Kier molecular flexibility index (Phi) is 2.50. The van der Waals surface area contributed by atoms with E-state index in [9.17, 15) is 9.18 Å². The highest BCUT2D eigenvalue weighted by Crippen LogP contribution is 2.21. The SMILES string of the molecule is O=C(O)c1[nH]nnc1Oc1ccc(F)cc1. The number of hydrogen-bond acceptors (Lipinski definition) is 4. The van der Waals surface area contributed by atoms with E-state index in [1.807, 2.05) is 0 Å². The molecule has 0 aliphatic heterocycles. The third-order valence-electron chi connectivity index (χ3n) is 1.76. The number of benzene rings is 1. The Morgan fingerprint density at radius 1 is 1.38 bits per heavy atom. The lowest BCUT2D eigenvalue weighted by Gasteiger charge is -2.01. The maximum absolute atomic E-state index is 12.6. The van der Waals surface area contributed by atoms with Gasteiger partial charge in [-0.15, -0.1) is 0 Å². The van der Waals surface area contributed by atoms with Gasteiger partial charge in [-0.3, -0.25) is 0 Å². The van der Waals surface area contributed by atoms with Gasteiger partial charge in [0, 0.05) is 0 Å². The Balaban J connectivity index is 2.23. The highest BCUT2D eigenvalue weighted by atomic mass is 19.1. The van der Waals surface area contributed by atoms with Crippen LogP contribution in [0, 0.1) is 5.82 Å². The average molecular weight is 223 g/mol. The Labute approximate surface area is 88.7 Å². The number of aromatic nitrogens is 3. The minimum Gasteiger partial charge on any atom is -0.476 e. The van der Waals surface area contributed by atoms with E-state index in [-0.39, 0.29) is 17.3 Å². The molecular weight excluding hydrogens is 217 g/mol. The number of carboxylic acid groups (broad SMARTS) is 1. The van der Waals surface area contributed by atoms with Gasteiger partial charge in [0.1, 0.15) is 11.6 Å². The molecule has 0 radical (unpaired) electrons. The highest BCUT2D eigenvalue weighted by molar-refractivity contribution is 5.87. The first-order valence-electron chi connectivity index (χ1n) is 4.24. The van der Waals surface area contributed by atoms with Crippen molar-refractivity contribution in [2.45, 2.75) is 0 Å². The molecule has 7 heteroatoms. The summed E-state index contributed by atoms with van der Waals surface area (Å²) in [5.74, 6) is -1.54. The van der Waals surface area contributed by atoms with Crippen LogP contribution >= 0.6 is 0 Å². The number of nitrogens with one attached hydrogen (secondary N) is 1. The maximum Gasteiger partial charge on any atom is 0.359 e. The van der Waals surface area contributed by atoms with Crippen LogP contribution in [-0.4, -0.2) is 26.5 Å². The van der Waals surface area contributed by atoms with Gasteiger partial charge in [-0.25, -0.2) is 14.3 Å². The van der Waals surface area contributed by atoms with E-state index < -0.39 is 11.8 Å². The molecule has 0 bridgehead atoms. The molecule has 0 unspecified atom stereocenters. The van der Waals surface area contributed by atoms with E-state index in [4.69, 9.17) is 9.84 Å². The summed E-state index contributed by atoms with van der Waals surface area (Å²) in [6.07, 6.45) is 0. The van der Waals surface area contributed by atoms with E-state index >= 15 is 0 Å². The molecule has 0 amide bonds. The van der Waals surface area contributed by atoms with Crippen LogP contribution in [0.3, 0.4) is 0 Å². The van der Waals surface area contributed by atoms with Gasteiger partial charge < -0.3 is 9.84 Å². The van der Waals surface area contributed by atoms with Crippen molar-refractivity contribution in [2.24, 2.45) is 0 Å². The van der Waals surface area contributed by atoms with Crippen molar-refractivity contribution in [3.05, 3.63) is 35.8 Å². The summed E-state index contributed by atoms with van der Waals surface area (Å²) in [5, 5.41) is 17.7. The maximum atomic E-state index is 12.6. The van der Waals surface area contributed by atoms with E-state index in [0.29, 0.717) is 0 Å². The molecule has 2 N–H and O–H groups in total. The quantitative estimate of drug-likeness (QED) is 0.821. The first-order valence-corrected chi connectivity index (χ1v) is 4.24. The smallest absolute Gasteiger partial charge is 0.359 e. The molecule has 0 aliphatic rings. The zero-order chi connectivity index (χ0) is 11.5. The Hall–Kier alpha value is -2.44. The largest absolute Gasteiger partial charge is 0.476 e. The van der Waals surface area contributed by atoms with Crippen LogP contribution in [0.1, 0.15) is 10.5 Å². The van der Waals surface area contributed by atoms with Crippen molar-refractivity contribution >= 4 is 5.97 Å². The zero-order valence-electron chi connectivity index (χ0n) is 7.85. The van der Waals surface area contributed by atoms with E-state index in [2.05, 4.69) is 15.4 Å². The van der Waals surface area contributed by atoms with Gasteiger partial charge in [-0.05, 0) is 24.3 Å². The molecule has 1 aromatic heterocycles. The second-order valence-corrected chi connectivity index (χ2v) is 2.85. The van der Waals surface area contributed by atoms with Crippen molar-refractivity contribution in [3.8, 4) is 11.6 Å². The molecule has 0 fully saturated rings. The van der Waals surface area contributed by atoms with Gasteiger partial charge in [0.2, 0.25) is 5.69 Å². The lowest BCUT2D eigenvalue weighted by Crippen LogP contribution is -1.99. The predicted octanol–water partition coefficient (Wildman–Crippen LogP) is 1.43. The summed E-state index contributed by atoms with van der Waals surface area (Å²) in [4.78, 5) is 10.7. The molecule has 0 aliphatic carbocycles. The van der Waals surface area contributed by atoms with Crippen LogP contribution in [0.15, 0.2) is 24.3 Å². The molecular formula is C9H6FN3O3. The van der Waals surface area contributed by atoms with Crippen LogP contribution in [-0.2, 0) is 0 Å². The Morgan fingerprint density at radius 3 is 2.69 bits per heavy atom. The Bertz CT molecular complexity index is 509. The third-order valence-corrected chi connectivity index (χ3v) is 1.76. The standard InChI is InChI=1S/C9H6FN3O3/c10-5-1-3-6(4-2-5)16-8-7(9(14)15)11-13-12-8/h1-4H,(H,14,15)(H,11,12,13). The van der Waals surface area contributed by atoms with Crippen molar-refractivity contribution in [3.63, 3.8) is 0 Å². The van der Waals surface area contributed by atoms with Crippen LogP contribution in [0.4, 0.5) is 4.39 Å². The molecule has 2 rings (SSSR count).